The van der Waals surface area contributed by atoms with Crippen molar-refractivity contribution in [2.45, 2.75) is 44.4 Å². The van der Waals surface area contributed by atoms with Crippen molar-refractivity contribution in [2.75, 3.05) is 0 Å². The van der Waals surface area contributed by atoms with Crippen LogP contribution in [-0.4, -0.2) is 5.78 Å². The Morgan fingerprint density at radius 3 is 1.88 bits per heavy atom. The molecule has 26 heavy (non-hydrogen) atoms. The molecule has 1 nitrogen and oxygen atoms in total. The van der Waals surface area contributed by atoms with Crippen molar-refractivity contribution in [3.63, 3.8) is 0 Å². The van der Waals surface area contributed by atoms with Gasteiger partial charge >= 0.3 is 0 Å². The molecule has 0 saturated heterocycles. The fourth-order valence-electron chi connectivity index (χ4n) is 5.50. The molecule has 0 unspecified atom stereocenters. The lowest BCUT2D eigenvalue weighted by molar-refractivity contribution is -0.110. The molecule has 0 N–H and O–H groups in total. The summed E-state index contributed by atoms with van der Waals surface area (Å²) >= 11 is 0. The van der Waals surface area contributed by atoms with E-state index < -0.39 is 0 Å². The molecule has 0 aromatic heterocycles. The second-order valence-electron chi connectivity index (χ2n) is 8.52. The average Bonchev–Trinajstić information content (AvgIpc) is 3.37. The van der Waals surface area contributed by atoms with Crippen molar-refractivity contribution in [2.24, 2.45) is 5.41 Å². The van der Waals surface area contributed by atoms with E-state index in [4.69, 9.17) is 0 Å². The molecule has 2 aromatic carbocycles. The van der Waals surface area contributed by atoms with Crippen LogP contribution >= 0.6 is 0 Å². The molecule has 3 aliphatic rings. The summed E-state index contributed by atoms with van der Waals surface area (Å²) in [5.74, 6) is 0.168. The first-order valence-corrected chi connectivity index (χ1v) is 9.71. The van der Waals surface area contributed by atoms with Gasteiger partial charge in [0.25, 0.3) is 0 Å². The zero-order valence-corrected chi connectivity index (χ0v) is 15.3. The average molecular weight is 340 g/mol. The molecule has 0 amide bonds. The van der Waals surface area contributed by atoms with Gasteiger partial charge in [-0.2, -0.15) is 0 Å². The van der Waals surface area contributed by atoms with Gasteiger partial charge in [-0.25, -0.2) is 0 Å². The largest absolute Gasteiger partial charge is 0.290 e. The lowest BCUT2D eigenvalue weighted by Crippen LogP contribution is -2.19. The maximum Gasteiger partial charge on any atom is 0.178 e. The van der Waals surface area contributed by atoms with Crippen LogP contribution in [0.4, 0.5) is 0 Å². The minimum Gasteiger partial charge on any atom is -0.290 e. The molecule has 1 heteroatoms. The van der Waals surface area contributed by atoms with E-state index in [1.165, 1.54) is 59.9 Å². The molecule has 2 bridgehead atoms. The van der Waals surface area contributed by atoms with Crippen LogP contribution in [0.5, 0.6) is 0 Å². The summed E-state index contributed by atoms with van der Waals surface area (Å²) in [6.07, 6.45) is 11.8. The molecule has 0 radical (unpaired) electrons. The molecule has 0 aliphatic heterocycles. The number of ketones is 1. The fourth-order valence-corrected chi connectivity index (χ4v) is 5.50. The SMILES string of the molecule is Cc1ccc(-c2ccc(C34CCC(C5=CC(=O)C=C5)(CC3)C4)cc2)cc1. The molecule has 0 spiro atoms. The molecule has 5 rings (SSSR count). The van der Waals surface area contributed by atoms with Crippen molar-refractivity contribution >= 4 is 5.78 Å². The van der Waals surface area contributed by atoms with Crippen LogP contribution in [0.2, 0.25) is 0 Å². The molecule has 130 valence electrons. The Bertz CT molecular complexity index is 917. The van der Waals surface area contributed by atoms with Crippen molar-refractivity contribution in [1.29, 1.82) is 0 Å². The zero-order valence-electron chi connectivity index (χ0n) is 15.3. The van der Waals surface area contributed by atoms with Crippen LogP contribution in [0, 0.1) is 12.3 Å². The normalized spacial score (nSPS) is 29.4. The van der Waals surface area contributed by atoms with Gasteiger partial charge in [0.2, 0.25) is 0 Å². The number of rotatable bonds is 3. The number of fused-ring (bicyclic) bond motifs is 2. The first-order valence-electron chi connectivity index (χ1n) is 9.71. The summed E-state index contributed by atoms with van der Waals surface area (Å²) in [4.78, 5) is 11.7. The first kappa shape index (κ1) is 15.8. The monoisotopic (exact) mass is 340 g/mol. The summed E-state index contributed by atoms with van der Waals surface area (Å²) in [5, 5.41) is 0. The number of hydrogen-bond donors (Lipinski definition) is 0. The lowest BCUT2D eigenvalue weighted by atomic mass is 9.76. The van der Waals surface area contributed by atoms with Gasteiger partial charge < -0.3 is 0 Å². The maximum atomic E-state index is 11.7. The fraction of sp³-hybridized carbons (Fsp3) is 0.320. The Hall–Kier alpha value is -2.41. The standard InChI is InChI=1S/C25H24O/c1-18-2-4-19(5-3-18)20-6-8-21(9-7-20)24-12-14-25(17-24,15-13-24)22-10-11-23(26)16-22/h2-11,16H,12-15,17H2,1H3. The molecule has 2 aromatic rings. The van der Waals surface area contributed by atoms with E-state index in [0.29, 0.717) is 5.41 Å². The van der Waals surface area contributed by atoms with E-state index in [2.05, 4.69) is 61.5 Å². The number of carbonyl (C=O) groups is 1. The van der Waals surface area contributed by atoms with Gasteiger partial charge in [-0.1, -0.05) is 60.2 Å². The lowest BCUT2D eigenvalue weighted by Gasteiger charge is -2.28. The summed E-state index contributed by atoms with van der Waals surface area (Å²) in [7, 11) is 0. The summed E-state index contributed by atoms with van der Waals surface area (Å²) in [5.41, 5.74) is 7.21. The van der Waals surface area contributed by atoms with Gasteiger partial charge in [-0.3, -0.25) is 4.79 Å². The third kappa shape index (κ3) is 2.34. The maximum absolute atomic E-state index is 11.7. The predicted molar refractivity (Wildman–Crippen MR) is 106 cm³/mol. The van der Waals surface area contributed by atoms with E-state index in [9.17, 15) is 4.79 Å². The van der Waals surface area contributed by atoms with Crippen LogP contribution in [0.25, 0.3) is 11.1 Å². The van der Waals surface area contributed by atoms with E-state index in [-0.39, 0.29) is 11.2 Å². The minimum absolute atomic E-state index is 0.168. The number of carbonyl (C=O) groups excluding carboxylic acids is 1. The van der Waals surface area contributed by atoms with Crippen molar-refractivity contribution in [3.8, 4) is 11.1 Å². The van der Waals surface area contributed by atoms with Crippen LogP contribution in [-0.2, 0) is 10.2 Å². The molecule has 2 fully saturated rings. The van der Waals surface area contributed by atoms with Gasteiger partial charge in [0, 0.05) is 0 Å². The van der Waals surface area contributed by atoms with Crippen LogP contribution < -0.4 is 0 Å². The highest BCUT2D eigenvalue weighted by molar-refractivity contribution is 6.03. The highest BCUT2D eigenvalue weighted by atomic mass is 16.1. The first-order chi connectivity index (χ1) is 12.6. The van der Waals surface area contributed by atoms with Crippen LogP contribution in [0.15, 0.2) is 72.3 Å². The van der Waals surface area contributed by atoms with E-state index in [1.54, 1.807) is 6.08 Å². The van der Waals surface area contributed by atoms with Gasteiger partial charge in [0.1, 0.15) is 0 Å². The Morgan fingerprint density at radius 1 is 0.731 bits per heavy atom. The summed E-state index contributed by atoms with van der Waals surface area (Å²) < 4.78 is 0. The number of aryl methyl sites for hydroxylation is 1. The third-order valence-electron chi connectivity index (χ3n) is 7.06. The molecular weight excluding hydrogens is 316 g/mol. The molecular formula is C25H24O. The zero-order chi connectivity index (χ0) is 17.8. The van der Waals surface area contributed by atoms with E-state index in [0.717, 1.165) is 0 Å². The van der Waals surface area contributed by atoms with Gasteiger partial charge in [0.05, 0.1) is 0 Å². The number of benzene rings is 2. The topological polar surface area (TPSA) is 17.1 Å². The molecule has 2 saturated carbocycles. The number of allylic oxidation sites excluding steroid dienone is 4. The highest BCUT2D eigenvalue weighted by Gasteiger charge is 2.56. The van der Waals surface area contributed by atoms with Crippen molar-refractivity contribution in [3.05, 3.63) is 83.5 Å². The summed E-state index contributed by atoms with van der Waals surface area (Å²) in [6, 6.07) is 18.0. The Morgan fingerprint density at radius 2 is 1.31 bits per heavy atom. The Labute approximate surface area is 155 Å². The molecule has 0 heterocycles. The smallest absolute Gasteiger partial charge is 0.178 e. The van der Waals surface area contributed by atoms with Crippen LogP contribution in [0.3, 0.4) is 0 Å². The van der Waals surface area contributed by atoms with Gasteiger partial charge in [-0.05, 0) is 84.3 Å². The van der Waals surface area contributed by atoms with Crippen molar-refractivity contribution < 1.29 is 4.79 Å². The van der Waals surface area contributed by atoms with Gasteiger partial charge in [0.15, 0.2) is 5.78 Å². The quantitative estimate of drug-likeness (QED) is 0.677. The second kappa shape index (κ2) is 5.54. The molecule has 3 aliphatic carbocycles. The highest BCUT2D eigenvalue weighted by Crippen LogP contribution is 2.65. The Balaban J connectivity index is 1.43. The molecule has 0 atom stereocenters. The van der Waals surface area contributed by atoms with Gasteiger partial charge in [-0.15, -0.1) is 0 Å². The van der Waals surface area contributed by atoms with E-state index >= 15 is 0 Å². The predicted octanol–water partition coefficient (Wildman–Crippen LogP) is 5.93. The Kier molecular flexibility index (Phi) is 3.37. The van der Waals surface area contributed by atoms with Crippen molar-refractivity contribution in [1.82, 2.24) is 0 Å². The minimum atomic E-state index is 0.168. The number of hydrogen-bond acceptors (Lipinski definition) is 1. The second-order valence-corrected chi connectivity index (χ2v) is 8.52. The summed E-state index contributed by atoms with van der Waals surface area (Å²) in [6.45, 7) is 2.13. The van der Waals surface area contributed by atoms with Crippen LogP contribution in [0.1, 0.15) is 43.2 Å². The van der Waals surface area contributed by atoms with E-state index in [1.807, 2.05) is 6.08 Å². The third-order valence-corrected chi connectivity index (χ3v) is 7.06.